The van der Waals surface area contributed by atoms with Crippen LogP contribution in [-0.2, 0) is 26.2 Å². The van der Waals surface area contributed by atoms with Crippen LogP contribution in [0.3, 0.4) is 0 Å². The normalized spacial score (nSPS) is 12.0. The molecule has 0 saturated heterocycles. The molecule has 1 unspecified atom stereocenters. The first-order valence-corrected chi connectivity index (χ1v) is 14.3. The topological polar surface area (TPSA) is 96.0 Å². The zero-order valence-electron chi connectivity index (χ0n) is 22.0. The van der Waals surface area contributed by atoms with E-state index in [-0.39, 0.29) is 24.8 Å². The molecule has 0 aliphatic carbocycles. The van der Waals surface area contributed by atoms with Crippen molar-refractivity contribution < 1.29 is 22.7 Å². The zero-order chi connectivity index (χ0) is 26.7. The van der Waals surface area contributed by atoms with Crippen LogP contribution >= 0.6 is 0 Å². The number of likely N-dealkylation sites (N-methyl/N-ethyl adjacent to an activating group) is 1. The Balaban J connectivity index is 2.19. The standard InChI is InChI=1S/C27H39N3O5S/c1-6-25(27(32)28-7-2)29(20-22-13-10-9-12-21(22)4)26(31)14-11-19-30(36(5,33)34)23-15-17-24(18-16-23)35-8-3/h9-10,12-13,15-18,25H,6-8,11,14,19-20H2,1-5H3,(H,28,32). The van der Waals surface area contributed by atoms with Gasteiger partial charge in [0.1, 0.15) is 11.8 Å². The quantitative estimate of drug-likeness (QED) is 0.410. The molecule has 0 aliphatic heterocycles. The highest BCUT2D eigenvalue weighted by molar-refractivity contribution is 7.92. The van der Waals surface area contributed by atoms with Crippen molar-refractivity contribution in [1.82, 2.24) is 10.2 Å². The molecule has 2 aromatic rings. The fourth-order valence-electron chi connectivity index (χ4n) is 4.06. The first-order valence-electron chi connectivity index (χ1n) is 12.4. The molecule has 0 radical (unpaired) electrons. The molecule has 0 heterocycles. The molecule has 0 bridgehead atoms. The van der Waals surface area contributed by atoms with Crippen LogP contribution in [-0.4, -0.2) is 57.1 Å². The van der Waals surface area contributed by atoms with Gasteiger partial charge < -0.3 is 15.0 Å². The SMILES string of the molecule is CCNC(=O)C(CC)N(Cc1ccccc1C)C(=O)CCCN(c1ccc(OCC)cc1)S(C)(=O)=O. The number of hydrogen-bond acceptors (Lipinski definition) is 5. The van der Waals surface area contributed by atoms with Gasteiger partial charge in [0, 0.05) is 26.1 Å². The molecule has 2 amide bonds. The third kappa shape index (κ3) is 8.26. The highest BCUT2D eigenvalue weighted by Crippen LogP contribution is 2.23. The Hall–Kier alpha value is -3.07. The number of nitrogens with zero attached hydrogens (tertiary/aromatic N) is 2. The second kappa shape index (κ2) is 13.9. The highest BCUT2D eigenvalue weighted by atomic mass is 32.2. The van der Waals surface area contributed by atoms with Crippen LogP contribution in [0.25, 0.3) is 0 Å². The Kier molecular flexibility index (Phi) is 11.2. The predicted octanol–water partition coefficient (Wildman–Crippen LogP) is 3.88. The lowest BCUT2D eigenvalue weighted by Gasteiger charge is -2.31. The van der Waals surface area contributed by atoms with Crippen molar-refractivity contribution in [2.24, 2.45) is 0 Å². The fraction of sp³-hybridized carbons (Fsp3) is 0.481. The Labute approximate surface area is 215 Å². The molecular formula is C27H39N3O5S. The smallest absolute Gasteiger partial charge is 0.242 e. The van der Waals surface area contributed by atoms with E-state index >= 15 is 0 Å². The average molecular weight is 518 g/mol. The van der Waals surface area contributed by atoms with Crippen LogP contribution in [0, 0.1) is 6.92 Å². The van der Waals surface area contributed by atoms with Gasteiger partial charge in [-0.25, -0.2) is 8.42 Å². The predicted molar refractivity (Wildman–Crippen MR) is 144 cm³/mol. The Morgan fingerprint density at radius 1 is 1.03 bits per heavy atom. The number of ether oxygens (including phenoxy) is 1. The molecule has 1 N–H and O–H groups in total. The van der Waals surface area contributed by atoms with Gasteiger partial charge in [-0.1, -0.05) is 31.2 Å². The largest absolute Gasteiger partial charge is 0.494 e. The molecule has 0 fully saturated rings. The van der Waals surface area contributed by atoms with Gasteiger partial charge in [-0.15, -0.1) is 0 Å². The molecule has 0 aliphatic rings. The average Bonchev–Trinajstić information content (AvgIpc) is 2.83. The van der Waals surface area contributed by atoms with Crippen molar-refractivity contribution >= 4 is 27.5 Å². The van der Waals surface area contributed by atoms with Crippen molar-refractivity contribution in [3.63, 3.8) is 0 Å². The van der Waals surface area contributed by atoms with Crippen LogP contribution in [0.15, 0.2) is 48.5 Å². The van der Waals surface area contributed by atoms with Gasteiger partial charge in [-0.05, 0) is 69.0 Å². The number of carbonyl (C=O) groups excluding carboxylic acids is 2. The second-order valence-electron chi connectivity index (χ2n) is 8.63. The Morgan fingerprint density at radius 3 is 2.25 bits per heavy atom. The molecule has 8 nitrogen and oxygen atoms in total. The summed E-state index contributed by atoms with van der Waals surface area (Å²) in [6, 6.07) is 14.0. The number of aryl methyl sites for hydroxylation is 1. The van der Waals surface area contributed by atoms with Crippen LogP contribution < -0.4 is 14.4 Å². The number of sulfonamides is 1. The van der Waals surface area contributed by atoms with Gasteiger partial charge in [0.2, 0.25) is 21.8 Å². The third-order valence-corrected chi connectivity index (χ3v) is 7.12. The zero-order valence-corrected chi connectivity index (χ0v) is 22.8. The number of rotatable bonds is 14. The number of anilines is 1. The monoisotopic (exact) mass is 517 g/mol. The summed E-state index contributed by atoms with van der Waals surface area (Å²) in [6.45, 7) is 9.05. The third-order valence-electron chi connectivity index (χ3n) is 5.93. The van der Waals surface area contributed by atoms with Gasteiger partial charge in [0.05, 0.1) is 18.6 Å². The van der Waals surface area contributed by atoms with E-state index in [2.05, 4.69) is 5.32 Å². The summed E-state index contributed by atoms with van der Waals surface area (Å²) in [4.78, 5) is 27.8. The minimum Gasteiger partial charge on any atom is -0.494 e. The number of amides is 2. The van der Waals surface area contributed by atoms with E-state index in [1.54, 1.807) is 29.2 Å². The number of hydrogen-bond donors (Lipinski definition) is 1. The van der Waals surface area contributed by atoms with Crippen LogP contribution in [0.1, 0.15) is 51.2 Å². The first kappa shape index (κ1) is 29.2. The van der Waals surface area contributed by atoms with Crippen LogP contribution in [0.4, 0.5) is 5.69 Å². The van der Waals surface area contributed by atoms with Gasteiger partial charge in [-0.2, -0.15) is 0 Å². The molecular weight excluding hydrogens is 478 g/mol. The van der Waals surface area contributed by atoms with Gasteiger partial charge in [0.25, 0.3) is 0 Å². The Bertz CT molecular complexity index is 1100. The van der Waals surface area contributed by atoms with Crippen molar-refractivity contribution in [2.45, 2.75) is 59.5 Å². The molecule has 0 aromatic heterocycles. The van der Waals surface area contributed by atoms with E-state index in [0.717, 1.165) is 17.4 Å². The summed E-state index contributed by atoms with van der Waals surface area (Å²) in [5, 5.41) is 2.83. The molecule has 1 atom stereocenters. The maximum Gasteiger partial charge on any atom is 0.242 e. The van der Waals surface area contributed by atoms with E-state index in [0.29, 0.717) is 44.0 Å². The van der Waals surface area contributed by atoms with Gasteiger partial charge >= 0.3 is 0 Å². The van der Waals surface area contributed by atoms with Crippen molar-refractivity contribution in [3.05, 3.63) is 59.7 Å². The molecule has 198 valence electrons. The van der Waals surface area contributed by atoms with Crippen molar-refractivity contribution in [3.8, 4) is 5.75 Å². The molecule has 36 heavy (non-hydrogen) atoms. The number of carbonyl (C=O) groups is 2. The van der Waals surface area contributed by atoms with E-state index < -0.39 is 16.1 Å². The summed E-state index contributed by atoms with van der Waals surface area (Å²) in [7, 11) is -3.55. The lowest BCUT2D eigenvalue weighted by atomic mass is 10.1. The second-order valence-corrected chi connectivity index (χ2v) is 10.5. The van der Waals surface area contributed by atoms with Crippen LogP contribution in [0.5, 0.6) is 5.75 Å². The molecule has 9 heteroatoms. The summed E-state index contributed by atoms with van der Waals surface area (Å²) >= 11 is 0. The lowest BCUT2D eigenvalue weighted by molar-refractivity contribution is -0.141. The first-order chi connectivity index (χ1) is 17.1. The molecule has 0 spiro atoms. The van der Waals surface area contributed by atoms with Gasteiger partial charge in [-0.3, -0.25) is 13.9 Å². The maximum atomic E-state index is 13.4. The summed E-state index contributed by atoms with van der Waals surface area (Å²) < 4.78 is 31.7. The van der Waals surface area contributed by atoms with Crippen molar-refractivity contribution in [1.29, 1.82) is 0 Å². The van der Waals surface area contributed by atoms with E-state index in [9.17, 15) is 18.0 Å². The fourth-order valence-corrected chi connectivity index (χ4v) is 5.03. The summed E-state index contributed by atoms with van der Waals surface area (Å²) in [5.41, 5.74) is 2.53. The molecule has 0 saturated carbocycles. The number of nitrogens with one attached hydrogen (secondary N) is 1. The summed E-state index contributed by atoms with van der Waals surface area (Å²) in [5.74, 6) is 0.290. The number of benzene rings is 2. The molecule has 2 rings (SSSR count). The maximum absolute atomic E-state index is 13.4. The molecule has 2 aromatic carbocycles. The van der Waals surface area contributed by atoms with E-state index in [1.807, 2.05) is 52.0 Å². The minimum absolute atomic E-state index is 0.116. The highest BCUT2D eigenvalue weighted by Gasteiger charge is 2.28. The van der Waals surface area contributed by atoms with Crippen LogP contribution in [0.2, 0.25) is 0 Å². The Morgan fingerprint density at radius 2 is 1.69 bits per heavy atom. The van der Waals surface area contributed by atoms with E-state index in [4.69, 9.17) is 4.74 Å². The minimum atomic E-state index is -3.55. The van der Waals surface area contributed by atoms with Gasteiger partial charge in [0.15, 0.2) is 0 Å². The summed E-state index contributed by atoms with van der Waals surface area (Å²) in [6.07, 6.45) is 2.06. The lowest BCUT2D eigenvalue weighted by Crippen LogP contribution is -2.49. The van der Waals surface area contributed by atoms with Crippen molar-refractivity contribution in [2.75, 3.05) is 30.3 Å². The van der Waals surface area contributed by atoms with E-state index in [1.165, 1.54) is 4.31 Å².